The maximum Gasteiger partial charge on any atom is 0.173 e. The Balaban J connectivity index is 2.97. The summed E-state index contributed by atoms with van der Waals surface area (Å²) in [7, 11) is -1.97. The fourth-order valence-electron chi connectivity index (χ4n) is 0.184. The summed E-state index contributed by atoms with van der Waals surface area (Å²) < 4.78 is 4.53. The molecule has 1 unspecified atom stereocenters. The number of rotatable bonds is 3. The molecule has 0 aromatic heterocycles. The van der Waals surface area contributed by atoms with Crippen LogP contribution in [0.15, 0.2) is 0 Å². The smallest absolute Gasteiger partial charge is 0.173 e. The summed E-state index contributed by atoms with van der Waals surface area (Å²) in [6.07, 6.45) is 0.297. The highest BCUT2D eigenvalue weighted by atomic mass is 32.4. The second-order valence-electron chi connectivity index (χ2n) is 1.02. The van der Waals surface area contributed by atoms with Crippen LogP contribution in [0.5, 0.6) is 0 Å². The molecule has 0 bridgehead atoms. The monoisotopic (exact) mass is 151 g/mol. The van der Waals surface area contributed by atoms with Gasteiger partial charge in [-0.2, -0.15) is 5.26 Å². The zero-order valence-corrected chi connectivity index (χ0v) is 5.94. The molecule has 1 atom stereocenters. The van der Waals surface area contributed by atoms with Crippen LogP contribution in [-0.4, -0.2) is 11.5 Å². The van der Waals surface area contributed by atoms with Crippen LogP contribution in [0.4, 0.5) is 0 Å². The van der Waals surface area contributed by atoms with Gasteiger partial charge in [0.05, 0.1) is 19.1 Å². The fourth-order valence-corrected chi connectivity index (χ4v) is 0.711. The van der Waals surface area contributed by atoms with Gasteiger partial charge < -0.3 is 9.42 Å². The Morgan fingerprint density at radius 2 is 2.50 bits per heavy atom. The van der Waals surface area contributed by atoms with Crippen molar-refractivity contribution in [3.05, 3.63) is 0 Å². The van der Waals surface area contributed by atoms with Crippen LogP contribution in [-0.2, 0) is 16.3 Å². The van der Waals surface area contributed by atoms with Gasteiger partial charge in [0, 0.05) is 0 Å². The van der Waals surface area contributed by atoms with Crippen molar-refractivity contribution in [3.8, 4) is 6.07 Å². The van der Waals surface area contributed by atoms with Crippen LogP contribution in [0.2, 0.25) is 0 Å². The van der Waals surface area contributed by atoms with E-state index in [1.54, 1.807) is 0 Å². The molecule has 0 fully saturated rings. The highest BCUT2D eigenvalue weighted by Gasteiger charge is 1.84. The van der Waals surface area contributed by atoms with Crippen LogP contribution in [0.3, 0.4) is 0 Å². The van der Waals surface area contributed by atoms with E-state index in [2.05, 4.69) is 16.3 Å². The summed E-state index contributed by atoms with van der Waals surface area (Å²) in [6.45, 7) is 0.255. The lowest BCUT2D eigenvalue weighted by Gasteiger charge is -1.93. The van der Waals surface area contributed by atoms with Crippen molar-refractivity contribution in [2.24, 2.45) is 0 Å². The molecule has 46 valence electrons. The predicted molar refractivity (Wildman–Crippen MR) is 34.1 cm³/mol. The highest BCUT2D eigenvalue weighted by molar-refractivity contribution is 8.00. The second-order valence-corrected chi connectivity index (χ2v) is 2.89. The third kappa shape index (κ3) is 6.06. The molecular formula is C3H6NO2PS. The molecule has 0 aromatic carbocycles. The van der Waals surface area contributed by atoms with E-state index in [-0.39, 0.29) is 6.61 Å². The molecule has 1 N–H and O–H groups in total. The van der Waals surface area contributed by atoms with Crippen molar-refractivity contribution in [2.75, 3.05) is 6.61 Å². The summed E-state index contributed by atoms with van der Waals surface area (Å²) >= 11 is 4.32. The van der Waals surface area contributed by atoms with E-state index in [4.69, 9.17) is 10.2 Å². The third-order valence-corrected chi connectivity index (χ3v) is 1.24. The van der Waals surface area contributed by atoms with Crippen molar-refractivity contribution >= 4 is 19.0 Å². The Labute approximate surface area is 53.5 Å². The van der Waals surface area contributed by atoms with Crippen molar-refractivity contribution in [1.29, 1.82) is 5.26 Å². The van der Waals surface area contributed by atoms with Gasteiger partial charge in [0.1, 0.15) is 0 Å². The SMILES string of the molecule is N#CCCO[PH](O)=S. The normalized spacial score (nSPS) is 12.5. The summed E-state index contributed by atoms with van der Waals surface area (Å²) in [4.78, 5) is 8.36. The maximum absolute atomic E-state index is 8.36. The van der Waals surface area contributed by atoms with Gasteiger partial charge in [0.15, 0.2) is 7.15 Å². The lowest BCUT2D eigenvalue weighted by Crippen LogP contribution is -1.81. The third-order valence-electron chi connectivity index (χ3n) is 0.439. The van der Waals surface area contributed by atoms with E-state index < -0.39 is 7.15 Å². The van der Waals surface area contributed by atoms with Crippen LogP contribution >= 0.6 is 7.15 Å². The molecule has 8 heavy (non-hydrogen) atoms. The van der Waals surface area contributed by atoms with E-state index in [0.29, 0.717) is 6.42 Å². The average Bonchev–Trinajstić information content (AvgIpc) is 1.66. The summed E-state index contributed by atoms with van der Waals surface area (Å²) in [5, 5.41) is 7.94. The van der Waals surface area contributed by atoms with Gasteiger partial charge in [-0.15, -0.1) is 0 Å². The minimum Gasteiger partial charge on any atom is -0.347 e. The number of nitrogens with zero attached hydrogens (tertiary/aromatic N) is 1. The molecule has 3 nitrogen and oxygen atoms in total. The first kappa shape index (κ1) is 8.06. The second kappa shape index (κ2) is 5.20. The van der Waals surface area contributed by atoms with Crippen LogP contribution in [0.1, 0.15) is 6.42 Å². The van der Waals surface area contributed by atoms with Crippen molar-refractivity contribution < 1.29 is 9.42 Å². The predicted octanol–water partition coefficient (Wildman–Crippen LogP) is 0.415. The summed E-state index contributed by atoms with van der Waals surface area (Å²) in [5.74, 6) is 0. The lowest BCUT2D eigenvalue weighted by molar-refractivity contribution is 0.333. The molecule has 0 amide bonds. The van der Waals surface area contributed by atoms with Crippen molar-refractivity contribution in [3.63, 3.8) is 0 Å². The maximum atomic E-state index is 8.36. The summed E-state index contributed by atoms with van der Waals surface area (Å²) in [6, 6.07) is 1.86. The molecule has 0 rings (SSSR count). The Morgan fingerprint density at radius 3 is 2.88 bits per heavy atom. The number of hydrogen-bond acceptors (Lipinski definition) is 3. The largest absolute Gasteiger partial charge is 0.347 e. The van der Waals surface area contributed by atoms with E-state index in [1.807, 2.05) is 6.07 Å². The standard InChI is InChI=1S/C3H6NO2PS/c4-2-1-3-6-7(5)8/h7H,1,3H2,(H,5,8). The minimum atomic E-state index is -1.97. The molecule has 0 spiro atoms. The first-order valence-electron chi connectivity index (χ1n) is 2.00. The molecule has 5 heteroatoms. The molecule has 0 saturated heterocycles. The molecular weight excluding hydrogens is 145 g/mol. The summed E-state index contributed by atoms with van der Waals surface area (Å²) in [5.41, 5.74) is 0. The zero-order valence-electron chi connectivity index (χ0n) is 4.13. The van der Waals surface area contributed by atoms with Gasteiger partial charge >= 0.3 is 0 Å². The zero-order chi connectivity index (χ0) is 6.41. The fraction of sp³-hybridized carbons (Fsp3) is 0.667. The minimum absolute atomic E-state index is 0.255. The number of nitriles is 1. The molecule has 0 heterocycles. The lowest BCUT2D eigenvalue weighted by atomic mass is 10.5. The van der Waals surface area contributed by atoms with Crippen molar-refractivity contribution in [1.82, 2.24) is 0 Å². The number of hydrogen-bond donors (Lipinski definition) is 1. The highest BCUT2D eigenvalue weighted by Crippen LogP contribution is 2.14. The average molecular weight is 151 g/mol. The topological polar surface area (TPSA) is 53.2 Å². The molecule has 0 aliphatic rings. The Hall–Kier alpha value is 0.0600. The quantitative estimate of drug-likeness (QED) is 0.469. The molecule has 0 aliphatic heterocycles. The van der Waals surface area contributed by atoms with E-state index in [1.165, 1.54) is 0 Å². The van der Waals surface area contributed by atoms with Crippen LogP contribution in [0.25, 0.3) is 0 Å². The molecule has 0 aliphatic carbocycles. The molecule has 0 aromatic rings. The molecule has 0 radical (unpaired) electrons. The Kier molecular flexibility index (Phi) is 5.24. The first-order valence-corrected chi connectivity index (χ1v) is 4.49. The van der Waals surface area contributed by atoms with Gasteiger partial charge in [-0.3, -0.25) is 0 Å². The van der Waals surface area contributed by atoms with Gasteiger partial charge in [0.2, 0.25) is 0 Å². The van der Waals surface area contributed by atoms with Crippen molar-refractivity contribution in [2.45, 2.75) is 6.42 Å². The van der Waals surface area contributed by atoms with Gasteiger partial charge in [-0.05, 0) is 11.8 Å². The van der Waals surface area contributed by atoms with Gasteiger partial charge in [-0.1, -0.05) is 0 Å². The molecule has 0 saturated carbocycles. The van der Waals surface area contributed by atoms with Crippen LogP contribution < -0.4 is 0 Å². The van der Waals surface area contributed by atoms with E-state index in [9.17, 15) is 0 Å². The Bertz CT molecular complexity index is 121. The Morgan fingerprint density at radius 1 is 1.88 bits per heavy atom. The first-order chi connectivity index (χ1) is 3.77. The van der Waals surface area contributed by atoms with E-state index in [0.717, 1.165) is 0 Å². The van der Waals surface area contributed by atoms with E-state index >= 15 is 0 Å². The van der Waals surface area contributed by atoms with Gasteiger partial charge in [-0.25, -0.2) is 0 Å². The van der Waals surface area contributed by atoms with Crippen LogP contribution in [0, 0.1) is 11.3 Å². The van der Waals surface area contributed by atoms with Gasteiger partial charge in [0.25, 0.3) is 0 Å².